The van der Waals surface area contributed by atoms with Gasteiger partial charge in [-0.05, 0) is 25.3 Å². The SMILES string of the molecule is CCOCCOC(O)CCCN=[N+]=[N-]. The van der Waals surface area contributed by atoms with Gasteiger partial charge in [0.1, 0.15) is 0 Å². The van der Waals surface area contributed by atoms with Crippen molar-refractivity contribution in [1.82, 2.24) is 0 Å². The van der Waals surface area contributed by atoms with E-state index in [0.29, 0.717) is 39.2 Å². The zero-order valence-electron chi connectivity index (χ0n) is 8.43. The Labute approximate surface area is 83.4 Å². The number of rotatable bonds is 9. The molecule has 82 valence electrons. The first kappa shape index (κ1) is 13.2. The Kier molecular flexibility index (Phi) is 9.68. The van der Waals surface area contributed by atoms with E-state index in [2.05, 4.69) is 10.0 Å². The third-order valence-electron chi connectivity index (χ3n) is 1.51. The molecule has 0 saturated heterocycles. The first-order valence-corrected chi connectivity index (χ1v) is 4.69. The van der Waals surface area contributed by atoms with Crippen LogP contribution in [0.2, 0.25) is 0 Å². The molecule has 0 aromatic carbocycles. The lowest BCUT2D eigenvalue weighted by Crippen LogP contribution is -2.15. The minimum Gasteiger partial charge on any atom is -0.379 e. The van der Waals surface area contributed by atoms with E-state index in [1.807, 2.05) is 6.92 Å². The summed E-state index contributed by atoms with van der Waals surface area (Å²) in [6.07, 6.45) is 0.315. The van der Waals surface area contributed by atoms with Gasteiger partial charge in [0.25, 0.3) is 0 Å². The Morgan fingerprint density at radius 1 is 1.50 bits per heavy atom. The predicted molar refractivity (Wildman–Crippen MR) is 51.7 cm³/mol. The molecule has 0 rings (SSSR count). The molecule has 0 fully saturated rings. The summed E-state index contributed by atoms with van der Waals surface area (Å²) in [5.41, 5.74) is 7.98. The van der Waals surface area contributed by atoms with E-state index in [1.54, 1.807) is 0 Å². The smallest absolute Gasteiger partial charge is 0.154 e. The van der Waals surface area contributed by atoms with Crippen molar-refractivity contribution in [1.29, 1.82) is 0 Å². The van der Waals surface area contributed by atoms with Crippen molar-refractivity contribution in [3.63, 3.8) is 0 Å². The van der Waals surface area contributed by atoms with Crippen LogP contribution in [-0.4, -0.2) is 37.8 Å². The van der Waals surface area contributed by atoms with Gasteiger partial charge in [0.15, 0.2) is 6.29 Å². The van der Waals surface area contributed by atoms with Crippen LogP contribution in [0.5, 0.6) is 0 Å². The molecule has 14 heavy (non-hydrogen) atoms. The minimum atomic E-state index is -0.788. The van der Waals surface area contributed by atoms with Gasteiger partial charge in [0, 0.05) is 18.1 Å². The first-order valence-electron chi connectivity index (χ1n) is 4.69. The minimum absolute atomic E-state index is 0.385. The normalized spacial score (nSPS) is 12.1. The molecular weight excluding hydrogens is 186 g/mol. The number of aliphatic hydroxyl groups excluding tert-OH is 1. The Balaban J connectivity index is 3.18. The van der Waals surface area contributed by atoms with E-state index in [9.17, 15) is 5.11 Å². The molecule has 0 aliphatic heterocycles. The Morgan fingerprint density at radius 2 is 2.29 bits per heavy atom. The van der Waals surface area contributed by atoms with Crippen LogP contribution in [0.15, 0.2) is 5.11 Å². The highest BCUT2D eigenvalue weighted by Crippen LogP contribution is 1.99. The molecule has 0 aromatic rings. The fraction of sp³-hybridized carbons (Fsp3) is 1.00. The predicted octanol–water partition coefficient (Wildman–Crippen LogP) is 1.45. The summed E-state index contributed by atoms with van der Waals surface area (Å²) in [6.45, 7) is 3.81. The Bertz CT molecular complexity index is 171. The van der Waals surface area contributed by atoms with Gasteiger partial charge in [-0.25, -0.2) is 0 Å². The second-order valence-corrected chi connectivity index (χ2v) is 2.62. The highest BCUT2D eigenvalue weighted by Gasteiger charge is 2.02. The number of aliphatic hydroxyl groups is 1. The third kappa shape index (κ3) is 9.28. The highest BCUT2D eigenvalue weighted by atomic mass is 16.6. The topological polar surface area (TPSA) is 87.5 Å². The molecule has 0 amide bonds. The van der Waals surface area contributed by atoms with Gasteiger partial charge in [-0.1, -0.05) is 5.11 Å². The van der Waals surface area contributed by atoms with Crippen LogP contribution in [0.4, 0.5) is 0 Å². The van der Waals surface area contributed by atoms with Crippen LogP contribution < -0.4 is 0 Å². The molecule has 0 aliphatic rings. The molecule has 6 nitrogen and oxygen atoms in total. The molecule has 1 N–H and O–H groups in total. The van der Waals surface area contributed by atoms with Crippen LogP contribution in [0.25, 0.3) is 10.4 Å². The third-order valence-corrected chi connectivity index (χ3v) is 1.51. The molecule has 1 atom stereocenters. The Hall–Kier alpha value is -0.810. The molecule has 0 aromatic heterocycles. The molecule has 0 heterocycles. The van der Waals surface area contributed by atoms with E-state index in [1.165, 1.54) is 0 Å². The first-order chi connectivity index (χ1) is 6.81. The van der Waals surface area contributed by atoms with Crippen LogP contribution in [0, 0.1) is 0 Å². The molecule has 0 aliphatic carbocycles. The van der Waals surface area contributed by atoms with Crippen molar-refractivity contribution < 1.29 is 14.6 Å². The maximum Gasteiger partial charge on any atom is 0.154 e. The molecule has 0 saturated carbocycles. The van der Waals surface area contributed by atoms with Crippen molar-refractivity contribution in [2.75, 3.05) is 26.4 Å². The maximum atomic E-state index is 9.24. The van der Waals surface area contributed by atoms with Crippen LogP contribution in [-0.2, 0) is 9.47 Å². The second-order valence-electron chi connectivity index (χ2n) is 2.62. The summed E-state index contributed by atoms with van der Waals surface area (Å²) < 4.78 is 10.0. The quantitative estimate of drug-likeness (QED) is 0.202. The summed E-state index contributed by atoms with van der Waals surface area (Å²) in [7, 11) is 0. The fourth-order valence-corrected chi connectivity index (χ4v) is 0.852. The summed E-state index contributed by atoms with van der Waals surface area (Å²) >= 11 is 0. The van der Waals surface area contributed by atoms with Gasteiger partial charge in [0.2, 0.25) is 0 Å². The van der Waals surface area contributed by atoms with E-state index in [0.717, 1.165) is 0 Å². The summed E-state index contributed by atoms with van der Waals surface area (Å²) in [5.74, 6) is 0. The molecule has 6 heteroatoms. The van der Waals surface area contributed by atoms with Crippen LogP contribution in [0.3, 0.4) is 0 Å². The van der Waals surface area contributed by atoms with Crippen molar-refractivity contribution >= 4 is 0 Å². The van der Waals surface area contributed by atoms with Crippen molar-refractivity contribution in [2.45, 2.75) is 26.1 Å². The van der Waals surface area contributed by atoms with Crippen molar-refractivity contribution in [3.8, 4) is 0 Å². The maximum absolute atomic E-state index is 9.24. The number of hydrogen-bond acceptors (Lipinski definition) is 4. The monoisotopic (exact) mass is 203 g/mol. The average Bonchev–Trinajstić information content (AvgIpc) is 2.19. The number of hydrogen-bond donors (Lipinski definition) is 1. The van der Waals surface area contributed by atoms with E-state index < -0.39 is 6.29 Å². The average molecular weight is 203 g/mol. The van der Waals surface area contributed by atoms with E-state index in [-0.39, 0.29) is 0 Å². The fourth-order valence-electron chi connectivity index (χ4n) is 0.852. The number of nitrogens with zero attached hydrogens (tertiary/aromatic N) is 3. The lowest BCUT2D eigenvalue weighted by molar-refractivity contribution is -0.115. The van der Waals surface area contributed by atoms with Gasteiger partial charge in [0.05, 0.1) is 13.2 Å². The van der Waals surface area contributed by atoms with Gasteiger partial charge >= 0.3 is 0 Å². The standard InChI is InChI=1S/C8H17N3O3/c1-2-13-6-7-14-8(12)4-3-5-10-11-9/h8,12H,2-7H2,1H3. The summed E-state index contributed by atoms with van der Waals surface area (Å²) in [6, 6.07) is 0. The molecule has 0 spiro atoms. The lowest BCUT2D eigenvalue weighted by Gasteiger charge is -2.10. The molecule has 1 unspecified atom stereocenters. The summed E-state index contributed by atoms with van der Waals surface area (Å²) in [5, 5.41) is 12.6. The number of azide groups is 1. The molecular formula is C8H17N3O3. The lowest BCUT2D eigenvalue weighted by atomic mass is 10.3. The zero-order valence-corrected chi connectivity index (χ0v) is 8.43. The Morgan fingerprint density at radius 3 is 2.93 bits per heavy atom. The van der Waals surface area contributed by atoms with Crippen LogP contribution >= 0.6 is 0 Å². The second kappa shape index (κ2) is 10.3. The van der Waals surface area contributed by atoms with Crippen molar-refractivity contribution in [2.24, 2.45) is 5.11 Å². The van der Waals surface area contributed by atoms with Crippen molar-refractivity contribution in [3.05, 3.63) is 10.4 Å². The van der Waals surface area contributed by atoms with Gasteiger partial charge in [-0.15, -0.1) is 0 Å². The van der Waals surface area contributed by atoms with E-state index in [4.69, 9.17) is 15.0 Å². The van der Waals surface area contributed by atoms with E-state index >= 15 is 0 Å². The van der Waals surface area contributed by atoms with Gasteiger partial charge in [-0.3, -0.25) is 0 Å². The highest BCUT2D eigenvalue weighted by molar-refractivity contribution is 4.49. The largest absolute Gasteiger partial charge is 0.379 e. The van der Waals surface area contributed by atoms with Gasteiger partial charge in [-0.2, -0.15) is 0 Å². The molecule has 0 radical (unpaired) electrons. The zero-order chi connectivity index (χ0) is 10.6. The van der Waals surface area contributed by atoms with Gasteiger partial charge < -0.3 is 14.6 Å². The molecule has 0 bridgehead atoms. The number of ether oxygens (including phenoxy) is 2. The van der Waals surface area contributed by atoms with Crippen LogP contribution in [0.1, 0.15) is 19.8 Å². The summed E-state index contributed by atoms with van der Waals surface area (Å²) in [4.78, 5) is 2.60.